The third-order valence-corrected chi connectivity index (χ3v) is 4.45. The highest BCUT2D eigenvalue weighted by Crippen LogP contribution is 2.16. The Kier molecular flexibility index (Phi) is 10.0. The molecule has 5 nitrogen and oxygen atoms in total. The van der Waals surface area contributed by atoms with Crippen LogP contribution in [0, 0.1) is 11.8 Å². The lowest BCUT2D eigenvalue weighted by Crippen LogP contribution is -2.42. The summed E-state index contributed by atoms with van der Waals surface area (Å²) in [5.74, 6) is 1.06. The Balaban J connectivity index is 0.00000242. The van der Waals surface area contributed by atoms with E-state index < -0.39 is 0 Å². The second-order valence-electron chi connectivity index (χ2n) is 6.35. The second-order valence-corrected chi connectivity index (χ2v) is 6.35. The third-order valence-electron chi connectivity index (χ3n) is 4.45. The molecule has 0 saturated carbocycles. The molecular weight excluding hydrogens is 304 g/mol. The monoisotopic (exact) mass is 334 g/mol. The van der Waals surface area contributed by atoms with Crippen molar-refractivity contribution >= 4 is 18.3 Å². The summed E-state index contributed by atoms with van der Waals surface area (Å²) in [5.41, 5.74) is 0. The molecule has 22 heavy (non-hydrogen) atoms. The van der Waals surface area contributed by atoms with Gasteiger partial charge in [-0.15, -0.1) is 12.4 Å². The minimum absolute atomic E-state index is 0. The lowest BCUT2D eigenvalue weighted by molar-refractivity contribution is -0.126. The maximum absolute atomic E-state index is 12.0. The van der Waals surface area contributed by atoms with Crippen molar-refractivity contribution in [3.05, 3.63) is 0 Å². The summed E-state index contributed by atoms with van der Waals surface area (Å²) in [4.78, 5) is 12.0. The zero-order chi connectivity index (χ0) is 14.9. The molecule has 0 aromatic carbocycles. The summed E-state index contributed by atoms with van der Waals surface area (Å²) in [6, 6.07) is 0.456. The fourth-order valence-corrected chi connectivity index (χ4v) is 3.06. The zero-order valence-corrected chi connectivity index (χ0v) is 14.5. The molecule has 0 aliphatic carbocycles. The predicted molar refractivity (Wildman–Crippen MR) is 89.4 cm³/mol. The number of ether oxygens (including phenoxy) is 2. The highest BCUT2D eigenvalue weighted by Gasteiger charge is 2.24. The second kappa shape index (κ2) is 11.2. The molecule has 2 aliphatic rings. The molecular formula is C16H31ClN2O3. The first-order valence-electron chi connectivity index (χ1n) is 8.42. The van der Waals surface area contributed by atoms with Crippen LogP contribution in [0.25, 0.3) is 0 Å². The number of carbonyl (C=O) groups is 1. The van der Waals surface area contributed by atoms with Crippen LogP contribution < -0.4 is 10.6 Å². The van der Waals surface area contributed by atoms with Crippen molar-refractivity contribution in [1.29, 1.82) is 0 Å². The lowest BCUT2D eigenvalue weighted by atomic mass is 9.92. The van der Waals surface area contributed by atoms with E-state index in [2.05, 4.69) is 17.6 Å². The molecule has 2 atom stereocenters. The first-order valence-corrected chi connectivity index (χ1v) is 8.42. The Hall–Kier alpha value is -0.360. The van der Waals surface area contributed by atoms with Gasteiger partial charge >= 0.3 is 0 Å². The molecule has 2 aliphatic heterocycles. The van der Waals surface area contributed by atoms with Crippen molar-refractivity contribution in [2.24, 2.45) is 11.8 Å². The maximum atomic E-state index is 12.0. The molecule has 2 rings (SSSR count). The van der Waals surface area contributed by atoms with E-state index in [1.54, 1.807) is 0 Å². The molecule has 2 saturated heterocycles. The van der Waals surface area contributed by atoms with Gasteiger partial charge in [0.2, 0.25) is 5.91 Å². The van der Waals surface area contributed by atoms with E-state index >= 15 is 0 Å². The molecule has 6 heteroatoms. The Labute approximate surface area is 140 Å². The molecule has 0 radical (unpaired) electrons. The van der Waals surface area contributed by atoms with Crippen molar-refractivity contribution in [2.45, 2.75) is 45.1 Å². The van der Waals surface area contributed by atoms with E-state index in [1.165, 1.54) is 0 Å². The number of hydrogen-bond donors (Lipinski definition) is 2. The van der Waals surface area contributed by atoms with Gasteiger partial charge in [0, 0.05) is 44.9 Å². The summed E-state index contributed by atoms with van der Waals surface area (Å²) in [6.07, 6.45) is 5.03. The van der Waals surface area contributed by atoms with Crippen LogP contribution >= 0.6 is 12.4 Å². The Bertz CT molecular complexity index is 312. The van der Waals surface area contributed by atoms with Crippen molar-refractivity contribution in [3.8, 4) is 0 Å². The smallest absolute Gasteiger partial charge is 0.223 e. The average molecular weight is 335 g/mol. The average Bonchev–Trinajstić information content (AvgIpc) is 2.51. The molecule has 0 aromatic rings. The summed E-state index contributed by atoms with van der Waals surface area (Å²) < 4.78 is 11.0. The van der Waals surface area contributed by atoms with Crippen LogP contribution in [-0.2, 0) is 14.3 Å². The molecule has 0 unspecified atom stereocenters. The highest BCUT2D eigenvalue weighted by atomic mass is 35.5. The van der Waals surface area contributed by atoms with Crippen LogP contribution in [0.4, 0.5) is 0 Å². The van der Waals surface area contributed by atoms with Gasteiger partial charge in [-0.05, 0) is 51.5 Å². The number of nitrogens with one attached hydrogen (secondary N) is 2. The number of amides is 1. The normalized spacial score (nSPS) is 26.2. The molecule has 2 N–H and O–H groups in total. The van der Waals surface area contributed by atoms with Gasteiger partial charge in [0.15, 0.2) is 0 Å². The van der Waals surface area contributed by atoms with Crippen LogP contribution in [-0.4, -0.2) is 51.5 Å². The molecule has 0 aromatic heterocycles. The quantitative estimate of drug-likeness (QED) is 0.696. The van der Waals surface area contributed by atoms with E-state index in [0.717, 1.165) is 71.6 Å². The SMILES string of the molecule is C[C@H]1C[C@@H](C(=O)NCCCOCC2CCOCC2)CCN1.Cl. The van der Waals surface area contributed by atoms with E-state index in [9.17, 15) is 4.79 Å². The van der Waals surface area contributed by atoms with Gasteiger partial charge in [-0.25, -0.2) is 0 Å². The number of halogens is 1. The molecule has 130 valence electrons. The maximum Gasteiger partial charge on any atom is 0.223 e. The van der Waals surface area contributed by atoms with Gasteiger partial charge in [-0.1, -0.05) is 0 Å². The van der Waals surface area contributed by atoms with Crippen LogP contribution in [0.1, 0.15) is 39.0 Å². The summed E-state index contributed by atoms with van der Waals surface area (Å²) in [5, 5.41) is 6.42. The van der Waals surface area contributed by atoms with Gasteiger partial charge < -0.3 is 20.1 Å². The minimum Gasteiger partial charge on any atom is -0.381 e. The van der Waals surface area contributed by atoms with Gasteiger partial charge in [0.05, 0.1) is 0 Å². The molecule has 2 heterocycles. The number of hydrogen-bond acceptors (Lipinski definition) is 4. The largest absolute Gasteiger partial charge is 0.381 e. The van der Waals surface area contributed by atoms with Crippen LogP contribution in [0.15, 0.2) is 0 Å². The molecule has 0 bridgehead atoms. The summed E-state index contributed by atoms with van der Waals surface area (Å²) in [7, 11) is 0. The standard InChI is InChI=1S/C16H30N2O3.ClH/c1-13-11-15(3-7-17-13)16(19)18-6-2-8-21-12-14-4-9-20-10-5-14;/h13-15,17H,2-12H2,1H3,(H,18,19);1H/t13-,15-;/m0./s1. The third kappa shape index (κ3) is 7.27. The Morgan fingerprint density at radius 3 is 2.82 bits per heavy atom. The topological polar surface area (TPSA) is 59.6 Å². The summed E-state index contributed by atoms with van der Waals surface area (Å²) >= 11 is 0. The Morgan fingerprint density at radius 2 is 2.09 bits per heavy atom. The number of rotatable bonds is 7. The first-order chi connectivity index (χ1) is 10.3. The van der Waals surface area contributed by atoms with E-state index in [1.807, 2.05) is 0 Å². The van der Waals surface area contributed by atoms with E-state index in [0.29, 0.717) is 12.0 Å². The number of carbonyl (C=O) groups excluding carboxylic acids is 1. The fourth-order valence-electron chi connectivity index (χ4n) is 3.06. The molecule has 2 fully saturated rings. The van der Waals surface area contributed by atoms with Crippen molar-refractivity contribution in [2.75, 3.05) is 39.5 Å². The lowest BCUT2D eigenvalue weighted by Gasteiger charge is -2.27. The highest BCUT2D eigenvalue weighted by molar-refractivity contribution is 5.85. The van der Waals surface area contributed by atoms with Gasteiger partial charge in [0.1, 0.15) is 0 Å². The van der Waals surface area contributed by atoms with Gasteiger partial charge in [-0.3, -0.25) is 4.79 Å². The van der Waals surface area contributed by atoms with Gasteiger partial charge in [-0.2, -0.15) is 0 Å². The van der Waals surface area contributed by atoms with Crippen molar-refractivity contribution in [1.82, 2.24) is 10.6 Å². The first kappa shape index (κ1) is 19.7. The van der Waals surface area contributed by atoms with Crippen LogP contribution in [0.3, 0.4) is 0 Å². The Morgan fingerprint density at radius 1 is 1.32 bits per heavy atom. The predicted octanol–water partition coefficient (Wildman–Crippen LogP) is 1.75. The van der Waals surface area contributed by atoms with Crippen molar-refractivity contribution in [3.63, 3.8) is 0 Å². The van der Waals surface area contributed by atoms with E-state index in [4.69, 9.17) is 9.47 Å². The number of piperidine rings is 1. The molecule has 1 amide bonds. The van der Waals surface area contributed by atoms with Crippen molar-refractivity contribution < 1.29 is 14.3 Å². The zero-order valence-electron chi connectivity index (χ0n) is 13.6. The minimum atomic E-state index is 0. The van der Waals surface area contributed by atoms with Crippen LogP contribution in [0.5, 0.6) is 0 Å². The van der Waals surface area contributed by atoms with Crippen LogP contribution in [0.2, 0.25) is 0 Å². The fraction of sp³-hybridized carbons (Fsp3) is 0.938. The molecule has 0 spiro atoms. The summed E-state index contributed by atoms with van der Waals surface area (Å²) in [6.45, 7) is 7.14. The van der Waals surface area contributed by atoms with Gasteiger partial charge in [0.25, 0.3) is 0 Å². The van der Waals surface area contributed by atoms with E-state index in [-0.39, 0.29) is 24.2 Å².